The van der Waals surface area contributed by atoms with Crippen molar-refractivity contribution in [2.45, 2.75) is 38.3 Å². The standard InChI is InChI=1S/C8H16O2Si/c1-11(2,3)10-8-5-4-7(9)6-8/h4-5,7-9H,6H2,1-3H3/t7-,8-/m1/s1. The minimum Gasteiger partial charge on any atom is -0.411 e. The van der Waals surface area contributed by atoms with E-state index < -0.39 is 8.32 Å². The van der Waals surface area contributed by atoms with Crippen molar-refractivity contribution in [2.75, 3.05) is 0 Å². The van der Waals surface area contributed by atoms with Crippen LogP contribution in [-0.4, -0.2) is 25.6 Å². The van der Waals surface area contributed by atoms with Crippen molar-refractivity contribution in [3.05, 3.63) is 12.2 Å². The Morgan fingerprint density at radius 2 is 2.00 bits per heavy atom. The first-order valence-electron chi connectivity index (χ1n) is 4.01. The normalized spacial score (nSPS) is 31.3. The molecule has 0 saturated carbocycles. The second-order valence-corrected chi connectivity index (χ2v) is 8.42. The molecule has 1 rings (SSSR count). The Labute approximate surface area is 69.0 Å². The van der Waals surface area contributed by atoms with Gasteiger partial charge in [0, 0.05) is 6.42 Å². The van der Waals surface area contributed by atoms with Gasteiger partial charge in [-0.15, -0.1) is 0 Å². The van der Waals surface area contributed by atoms with Crippen LogP contribution < -0.4 is 0 Å². The van der Waals surface area contributed by atoms with E-state index in [1.54, 1.807) is 0 Å². The van der Waals surface area contributed by atoms with E-state index in [-0.39, 0.29) is 12.2 Å². The Morgan fingerprint density at radius 1 is 1.36 bits per heavy atom. The van der Waals surface area contributed by atoms with E-state index in [2.05, 4.69) is 19.6 Å². The third-order valence-electron chi connectivity index (χ3n) is 1.53. The number of aliphatic hydroxyl groups excluding tert-OH is 1. The number of hydrogen-bond acceptors (Lipinski definition) is 2. The van der Waals surface area contributed by atoms with Crippen LogP contribution in [0.15, 0.2) is 12.2 Å². The summed E-state index contributed by atoms with van der Waals surface area (Å²) >= 11 is 0. The highest BCUT2D eigenvalue weighted by Gasteiger charge is 2.23. The summed E-state index contributed by atoms with van der Waals surface area (Å²) in [5.41, 5.74) is 0. The van der Waals surface area contributed by atoms with Crippen molar-refractivity contribution >= 4 is 8.32 Å². The van der Waals surface area contributed by atoms with E-state index in [4.69, 9.17) is 9.53 Å². The summed E-state index contributed by atoms with van der Waals surface area (Å²) in [6, 6.07) is 0. The topological polar surface area (TPSA) is 29.5 Å². The van der Waals surface area contributed by atoms with Gasteiger partial charge < -0.3 is 9.53 Å². The molecule has 0 heterocycles. The summed E-state index contributed by atoms with van der Waals surface area (Å²) in [5.74, 6) is 0. The molecule has 0 aromatic heterocycles. The highest BCUT2D eigenvalue weighted by Crippen LogP contribution is 2.18. The molecule has 2 atom stereocenters. The maximum Gasteiger partial charge on any atom is 0.184 e. The second kappa shape index (κ2) is 3.09. The molecule has 0 aliphatic heterocycles. The summed E-state index contributed by atoms with van der Waals surface area (Å²) in [6.07, 6.45) is 4.39. The first-order chi connectivity index (χ1) is 4.97. The van der Waals surface area contributed by atoms with Crippen LogP contribution in [0.3, 0.4) is 0 Å². The number of hydrogen-bond donors (Lipinski definition) is 1. The molecule has 0 unspecified atom stereocenters. The third-order valence-corrected chi connectivity index (χ3v) is 2.54. The molecule has 0 amide bonds. The summed E-state index contributed by atoms with van der Waals surface area (Å²) in [4.78, 5) is 0. The van der Waals surface area contributed by atoms with Crippen molar-refractivity contribution in [3.63, 3.8) is 0 Å². The number of aliphatic hydroxyl groups is 1. The highest BCUT2D eigenvalue weighted by atomic mass is 28.4. The van der Waals surface area contributed by atoms with Crippen molar-refractivity contribution in [3.8, 4) is 0 Å². The molecule has 64 valence electrons. The fourth-order valence-electron chi connectivity index (χ4n) is 1.19. The Hall–Kier alpha value is -0.123. The minimum atomic E-state index is -1.41. The quantitative estimate of drug-likeness (QED) is 0.505. The zero-order chi connectivity index (χ0) is 8.48. The average Bonchev–Trinajstić information content (AvgIpc) is 2.10. The zero-order valence-corrected chi connectivity index (χ0v) is 8.37. The Balaban J connectivity index is 2.36. The molecule has 2 nitrogen and oxygen atoms in total. The van der Waals surface area contributed by atoms with Crippen LogP contribution in [0.25, 0.3) is 0 Å². The molecule has 1 N–H and O–H groups in total. The molecule has 0 fully saturated rings. The first-order valence-corrected chi connectivity index (χ1v) is 7.42. The lowest BCUT2D eigenvalue weighted by Crippen LogP contribution is -2.30. The monoisotopic (exact) mass is 172 g/mol. The van der Waals surface area contributed by atoms with Crippen LogP contribution in [0.4, 0.5) is 0 Å². The lowest BCUT2D eigenvalue weighted by atomic mass is 10.3. The van der Waals surface area contributed by atoms with Gasteiger partial charge in [0.1, 0.15) is 0 Å². The van der Waals surface area contributed by atoms with Gasteiger partial charge in [-0.2, -0.15) is 0 Å². The third kappa shape index (κ3) is 3.18. The van der Waals surface area contributed by atoms with E-state index >= 15 is 0 Å². The van der Waals surface area contributed by atoms with Gasteiger partial charge >= 0.3 is 0 Å². The zero-order valence-electron chi connectivity index (χ0n) is 7.37. The van der Waals surface area contributed by atoms with E-state index in [9.17, 15) is 0 Å². The molecular weight excluding hydrogens is 156 g/mol. The van der Waals surface area contributed by atoms with Gasteiger partial charge in [-0.3, -0.25) is 0 Å². The van der Waals surface area contributed by atoms with Crippen molar-refractivity contribution in [1.82, 2.24) is 0 Å². The fourth-order valence-corrected chi connectivity index (χ4v) is 2.27. The molecule has 0 aromatic carbocycles. The largest absolute Gasteiger partial charge is 0.411 e. The van der Waals surface area contributed by atoms with Crippen LogP contribution in [0.2, 0.25) is 19.6 Å². The molecule has 0 aromatic rings. The average molecular weight is 172 g/mol. The molecule has 11 heavy (non-hydrogen) atoms. The fraction of sp³-hybridized carbons (Fsp3) is 0.750. The van der Waals surface area contributed by atoms with Gasteiger partial charge in [0.15, 0.2) is 8.32 Å². The van der Waals surface area contributed by atoms with Crippen LogP contribution in [0, 0.1) is 0 Å². The van der Waals surface area contributed by atoms with Crippen molar-refractivity contribution in [1.29, 1.82) is 0 Å². The van der Waals surface area contributed by atoms with Gasteiger partial charge in [0.2, 0.25) is 0 Å². The summed E-state index contributed by atoms with van der Waals surface area (Å²) < 4.78 is 5.76. The second-order valence-electron chi connectivity index (χ2n) is 3.96. The molecule has 1 aliphatic carbocycles. The molecule has 0 spiro atoms. The lowest BCUT2D eigenvalue weighted by Gasteiger charge is -2.22. The van der Waals surface area contributed by atoms with Gasteiger partial charge in [-0.25, -0.2) is 0 Å². The molecule has 0 bridgehead atoms. The molecule has 1 aliphatic rings. The maximum atomic E-state index is 9.15. The Bertz CT molecular complexity index is 160. The van der Waals surface area contributed by atoms with E-state index in [0.717, 1.165) is 6.42 Å². The minimum absolute atomic E-state index is 0.164. The van der Waals surface area contributed by atoms with Crippen LogP contribution in [0.1, 0.15) is 6.42 Å². The summed E-state index contributed by atoms with van der Waals surface area (Å²) in [6.45, 7) is 6.47. The predicted octanol–water partition coefficient (Wildman–Crippen LogP) is 1.53. The van der Waals surface area contributed by atoms with Gasteiger partial charge in [-0.1, -0.05) is 12.2 Å². The van der Waals surface area contributed by atoms with Crippen molar-refractivity contribution < 1.29 is 9.53 Å². The van der Waals surface area contributed by atoms with Crippen LogP contribution in [-0.2, 0) is 4.43 Å². The Kier molecular flexibility index (Phi) is 2.52. The Morgan fingerprint density at radius 3 is 2.36 bits per heavy atom. The van der Waals surface area contributed by atoms with Crippen LogP contribution >= 0.6 is 0 Å². The maximum absolute atomic E-state index is 9.15. The summed E-state index contributed by atoms with van der Waals surface area (Å²) in [5, 5.41) is 9.15. The molecule has 3 heteroatoms. The van der Waals surface area contributed by atoms with Gasteiger partial charge in [0.05, 0.1) is 12.2 Å². The first kappa shape index (κ1) is 8.97. The lowest BCUT2D eigenvalue weighted by molar-refractivity contribution is 0.161. The van der Waals surface area contributed by atoms with Gasteiger partial charge in [0.25, 0.3) is 0 Å². The molecular formula is C8H16O2Si. The van der Waals surface area contributed by atoms with Gasteiger partial charge in [-0.05, 0) is 19.6 Å². The van der Waals surface area contributed by atoms with E-state index in [1.165, 1.54) is 0 Å². The highest BCUT2D eigenvalue weighted by molar-refractivity contribution is 6.69. The molecule has 0 radical (unpaired) electrons. The molecule has 0 saturated heterocycles. The number of rotatable bonds is 2. The van der Waals surface area contributed by atoms with Crippen LogP contribution in [0.5, 0.6) is 0 Å². The van der Waals surface area contributed by atoms with E-state index in [0.29, 0.717) is 0 Å². The predicted molar refractivity (Wildman–Crippen MR) is 48.0 cm³/mol. The smallest absolute Gasteiger partial charge is 0.184 e. The summed E-state index contributed by atoms with van der Waals surface area (Å²) in [7, 11) is -1.41. The van der Waals surface area contributed by atoms with Crippen molar-refractivity contribution in [2.24, 2.45) is 0 Å². The van der Waals surface area contributed by atoms with E-state index in [1.807, 2.05) is 12.2 Å². The SMILES string of the molecule is C[Si](C)(C)O[C@@H]1C=C[C@@H](O)C1.